The quantitative estimate of drug-likeness (QED) is 0.930. The third kappa shape index (κ3) is 3.06. The summed E-state index contributed by atoms with van der Waals surface area (Å²) in [7, 11) is 3.94. The second kappa shape index (κ2) is 5.59. The molecule has 2 rings (SSSR count). The number of anilines is 1. The van der Waals surface area contributed by atoms with Gasteiger partial charge >= 0.3 is 0 Å². The monoisotopic (exact) mass is 278 g/mol. The summed E-state index contributed by atoms with van der Waals surface area (Å²) in [5.74, 6) is -0.334. The average Bonchev–Trinajstić information content (AvgIpc) is 2.41. The summed E-state index contributed by atoms with van der Waals surface area (Å²) >= 11 is 6.07. The van der Waals surface area contributed by atoms with Crippen LogP contribution in [0.5, 0.6) is 0 Å². The molecule has 0 aliphatic heterocycles. The van der Waals surface area contributed by atoms with E-state index in [1.807, 2.05) is 43.3 Å². The molecule has 2 N–H and O–H groups in total. The zero-order chi connectivity index (χ0) is 14.0. The Balaban J connectivity index is 2.33. The van der Waals surface area contributed by atoms with Crippen LogP contribution in [0.15, 0.2) is 42.5 Å². The van der Waals surface area contributed by atoms with Gasteiger partial charge in [-0.25, -0.2) is 4.39 Å². The summed E-state index contributed by atoms with van der Waals surface area (Å²) < 4.78 is 13.3. The summed E-state index contributed by atoms with van der Waals surface area (Å²) in [6, 6.07) is 11.6. The smallest absolute Gasteiger partial charge is 0.123 e. The molecule has 0 saturated carbocycles. The van der Waals surface area contributed by atoms with Gasteiger partial charge in [0.1, 0.15) is 5.82 Å². The molecule has 0 radical (unpaired) electrons. The number of halogens is 2. The van der Waals surface area contributed by atoms with Crippen LogP contribution in [0.4, 0.5) is 10.1 Å². The maximum atomic E-state index is 13.3. The van der Waals surface area contributed by atoms with Gasteiger partial charge in [0.25, 0.3) is 0 Å². The fraction of sp³-hybridized carbons (Fsp3) is 0.200. The molecule has 0 aromatic heterocycles. The summed E-state index contributed by atoms with van der Waals surface area (Å²) in [6.07, 6.45) is 0. The molecule has 0 aliphatic carbocycles. The van der Waals surface area contributed by atoms with Crippen molar-refractivity contribution in [2.45, 2.75) is 6.04 Å². The van der Waals surface area contributed by atoms with Crippen LogP contribution < -0.4 is 10.6 Å². The maximum Gasteiger partial charge on any atom is 0.123 e. The summed E-state index contributed by atoms with van der Waals surface area (Å²) in [6.45, 7) is 0. The highest BCUT2D eigenvalue weighted by Crippen LogP contribution is 2.28. The predicted molar refractivity (Wildman–Crippen MR) is 78.2 cm³/mol. The van der Waals surface area contributed by atoms with Gasteiger partial charge < -0.3 is 10.6 Å². The zero-order valence-electron chi connectivity index (χ0n) is 10.9. The molecule has 4 heteroatoms. The molecule has 100 valence electrons. The van der Waals surface area contributed by atoms with E-state index in [2.05, 4.69) is 0 Å². The van der Waals surface area contributed by atoms with E-state index >= 15 is 0 Å². The predicted octanol–water partition coefficient (Wildman–Crippen LogP) is 3.59. The standard InChI is InChI=1S/C15H16ClFN2/c1-19(2)12-6-3-10(4-7-12)15(18)13-9-11(17)5-8-14(13)16/h3-9,15H,18H2,1-2H3. The van der Waals surface area contributed by atoms with Crippen LogP contribution in [0.3, 0.4) is 0 Å². The molecule has 1 atom stereocenters. The van der Waals surface area contributed by atoms with E-state index in [-0.39, 0.29) is 5.82 Å². The van der Waals surface area contributed by atoms with E-state index in [1.54, 1.807) is 0 Å². The van der Waals surface area contributed by atoms with Gasteiger partial charge in [0.15, 0.2) is 0 Å². The minimum Gasteiger partial charge on any atom is -0.378 e. The lowest BCUT2D eigenvalue weighted by Gasteiger charge is -2.17. The molecule has 1 unspecified atom stereocenters. The fourth-order valence-electron chi connectivity index (χ4n) is 1.91. The molecule has 0 amide bonds. The number of rotatable bonds is 3. The van der Waals surface area contributed by atoms with Crippen LogP contribution in [-0.4, -0.2) is 14.1 Å². The Morgan fingerprint density at radius 2 is 1.74 bits per heavy atom. The molecular formula is C15H16ClFN2. The van der Waals surface area contributed by atoms with Crippen molar-refractivity contribution < 1.29 is 4.39 Å². The molecule has 19 heavy (non-hydrogen) atoms. The Bertz CT molecular complexity index is 567. The second-order valence-electron chi connectivity index (χ2n) is 4.63. The lowest BCUT2D eigenvalue weighted by atomic mass is 9.99. The molecule has 0 spiro atoms. The van der Waals surface area contributed by atoms with Crippen LogP contribution in [0.1, 0.15) is 17.2 Å². The van der Waals surface area contributed by atoms with E-state index in [9.17, 15) is 4.39 Å². The number of benzene rings is 2. The molecular weight excluding hydrogens is 263 g/mol. The lowest BCUT2D eigenvalue weighted by Crippen LogP contribution is -2.13. The summed E-state index contributed by atoms with van der Waals surface area (Å²) in [4.78, 5) is 2.00. The van der Waals surface area contributed by atoms with Crippen LogP contribution in [0.25, 0.3) is 0 Å². The molecule has 2 aromatic carbocycles. The number of nitrogens with two attached hydrogens (primary N) is 1. The Hall–Kier alpha value is -1.58. The van der Waals surface area contributed by atoms with Crippen molar-refractivity contribution in [3.8, 4) is 0 Å². The third-order valence-corrected chi connectivity index (χ3v) is 3.41. The minimum absolute atomic E-state index is 0.334. The van der Waals surface area contributed by atoms with Crippen molar-refractivity contribution in [3.05, 3.63) is 64.4 Å². The highest BCUT2D eigenvalue weighted by Gasteiger charge is 2.13. The zero-order valence-corrected chi connectivity index (χ0v) is 11.7. The average molecular weight is 279 g/mol. The van der Waals surface area contributed by atoms with Gasteiger partial charge in [-0.3, -0.25) is 0 Å². The van der Waals surface area contributed by atoms with E-state index in [4.69, 9.17) is 17.3 Å². The van der Waals surface area contributed by atoms with Gasteiger partial charge in [0, 0.05) is 24.8 Å². The number of hydrogen-bond donors (Lipinski definition) is 1. The van der Waals surface area contributed by atoms with Crippen LogP contribution in [-0.2, 0) is 0 Å². The molecule has 0 bridgehead atoms. The van der Waals surface area contributed by atoms with Gasteiger partial charge in [0.2, 0.25) is 0 Å². The van der Waals surface area contributed by atoms with Crippen LogP contribution in [0, 0.1) is 5.82 Å². The third-order valence-electron chi connectivity index (χ3n) is 3.06. The van der Waals surface area contributed by atoms with Crippen molar-refractivity contribution >= 4 is 17.3 Å². The van der Waals surface area contributed by atoms with Crippen LogP contribution in [0.2, 0.25) is 5.02 Å². The largest absolute Gasteiger partial charge is 0.378 e. The van der Waals surface area contributed by atoms with Crippen molar-refractivity contribution in [2.75, 3.05) is 19.0 Å². The van der Waals surface area contributed by atoms with E-state index in [0.29, 0.717) is 10.6 Å². The number of hydrogen-bond acceptors (Lipinski definition) is 2. The van der Waals surface area contributed by atoms with E-state index in [0.717, 1.165) is 11.3 Å². The topological polar surface area (TPSA) is 29.3 Å². The Morgan fingerprint density at radius 3 is 2.32 bits per heavy atom. The lowest BCUT2D eigenvalue weighted by molar-refractivity contribution is 0.623. The molecule has 0 aliphatic rings. The van der Waals surface area contributed by atoms with Crippen molar-refractivity contribution in [1.29, 1.82) is 0 Å². The molecule has 0 heterocycles. The Labute approximate surface area is 117 Å². The highest BCUT2D eigenvalue weighted by atomic mass is 35.5. The number of nitrogens with zero attached hydrogens (tertiary/aromatic N) is 1. The molecule has 0 fully saturated rings. The Morgan fingerprint density at radius 1 is 1.11 bits per heavy atom. The Kier molecular flexibility index (Phi) is 4.08. The summed E-state index contributed by atoms with van der Waals surface area (Å²) in [5, 5.41) is 0.477. The van der Waals surface area contributed by atoms with Crippen molar-refractivity contribution in [3.63, 3.8) is 0 Å². The first-order chi connectivity index (χ1) is 8.99. The minimum atomic E-state index is -0.431. The molecule has 0 saturated heterocycles. The van der Waals surface area contributed by atoms with Crippen molar-refractivity contribution in [1.82, 2.24) is 0 Å². The van der Waals surface area contributed by atoms with E-state index in [1.165, 1.54) is 18.2 Å². The normalized spacial score (nSPS) is 12.3. The summed E-state index contributed by atoms with van der Waals surface area (Å²) in [5.41, 5.74) is 8.73. The van der Waals surface area contributed by atoms with Crippen molar-refractivity contribution in [2.24, 2.45) is 5.73 Å². The van der Waals surface area contributed by atoms with Gasteiger partial charge in [-0.1, -0.05) is 23.7 Å². The van der Waals surface area contributed by atoms with Gasteiger partial charge in [-0.15, -0.1) is 0 Å². The molecule has 2 nitrogen and oxygen atoms in total. The molecule has 2 aromatic rings. The maximum absolute atomic E-state index is 13.3. The van der Waals surface area contributed by atoms with Gasteiger partial charge in [-0.2, -0.15) is 0 Å². The fourth-order valence-corrected chi connectivity index (χ4v) is 2.15. The van der Waals surface area contributed by atoms with Gasteiger partial charge in [0.05, 0.1) is 6.04 Å². The SMILES string of the molecule is CN(C)c1ccc(C(N)c2cc(F)ccc2Cl)cc1. The van der Waals surface area contributed by atoms with Gasteiger partial charge in [-0.05, 0) is 41.5 Å². The van der Waals surface area contributed by atoms with E-state index < -0.39 is 6.04 Å². The first kappa shape index (κ1) is 13.8. The highest BCUT2D eigenvalue weighted by molar-refractivity contribution is 6.31. The van der Waals surface area contributed by atoms with Crippen LogP contribution >= 0.6 is 11.6 Å². The first-order valence-corrected chi connectivity index (χ1v) is 6.34. The second-order valence-corrected chi connectivity index (χ2v) is 5.04. The first-order valence-electron chi connectivity index (χ1n) is 5.97.